The second kappa shape index (κ2) is 9.20. The molecule has 2 N–H and O–H groups in total. The summed E-state index contributed by atoms with van der Waals surface area (Å²) >= 11 is 0. The van der Waals surface area contributed by atoms with Crippen LogP contribution < -0.4 is 20.3 Å². The Morgan fingerprint density at radius 3 is 2.42 bits per heavy atom. The first-order valence-corrected chi connectivity index (χ1v) is 10.7. The summed E-state index contributed by atoms with van der Waals surface area (Å²) in [6.07, 6.45) is 1.64. The lowest BCUT2D eigenvalue weighted by Crippen LogP contribution is -2.41. The first-order valence-electron chi connectivity index (χ1n) is 10.7. The number of rotatable bonds is 4. The van der Waals surface area contributed by atoms with Gasteiger partial charge in [0.15, 0.2) is 11.6 Å². The molecule has 3 aromatic rings. The Bertz CT molecular complexity index is 1140. The zero-order valence-electron chi connectivity index (χ0n) is 18.8. The van der Waals surface area contributed by atoms with Crippen molar-refractivity contribution in [1.82, 2.24) is 4.98 Å². The summed E-state index contributed by atoms with van der Waals surface area (Å²) in [6, 6.07) is 17.8. The fourth-order valence-electron chi connectivity index (χ4n) is 3.27. The average molecular weight is 447 g/mol. The molecule has 170 valence electrons. The highest BCUT2D eigenvalue weighted by atomic mass is 16.6. The number of aromatic nitrogens is 1. The smallest absolute Gasteiger partial charge is 0.338 e. The van der Waals surface area contributed by atoms with Gasteiger partial charge in [0, 0.05) is 17.4 Å². The molecule has 8 nitrogen and oxygen atoms in total. The zero-order chi connectivity index (χ0) is 23.4. The fraction of sp³-hybridized carbons (Fsp3) is 0.240. The van der Waals surface area contributed by atoms with Crippen LogP contribution in [0.1, 0.15) is 31.1 Å². The van der Waals surface area contributed by atoms with Gasteiger partial charge >= 0.3 is 12.0 Å². The minimum absolute atomic E-state index is 0.267. The number of hydrogen-bond acceptors (Lipinski definition) is 6. The molecule has 1 aromatic heterocycles. The lowest BCUT2D eigenvalue weighted by atomic mass is 10.1. The van der Waals surface area contributed by atoms with Crippen LogP contribution in [-0.4, -0.2) is 35.7 Å². The standard InChI is InChI=1S/C25H26N4O4/c1-25(2,3)33-23(30)17-9-11-19(12-10-17)27-20-15-21-22(26-16-20)29(13-14-32-21)24(31)28-18-7-5-4-6-8-18/h4-12,15-16,27H,13-14H2,1-3H3,(H,28,31). The van der Waals surface area contributed by atoms with Gasteiger partial charge in [0.25, 0.3) is 0 Å². The monoisotopic (exact) mass is 446 g/mol. The summed E-state index contributed by atoms with van der Waals surface area (Å²) in [4.78, 5) is 30.9. The summed E-state index contributed by atoms with van der Waals surface area (Å²) < 4.78 is 11.1. The molecule has 0 radical (unpaired) electrons. The van der Waals surface area contributed by atoms with E-state index < -0.39 is 5.60 Å². The van der Waals surface area contributed by atoms with E-state index in [4.69, 9.17) is 9.47 Å². The van der Waals surface area contributed by atoms with Crippen molar-refractivity contribution >= 4 is 34.9 Å². The molecule has 2 amide bonds. The highest BCUT2D eigenvalue weighted by molar-refractivity contribution is 6.02. The molecule has 2 heterocycles. The van der Waals surface area contributed by atoms with Crippen molar-refractivity contribution in [2.75, 3.05) is 28.7 Å². The minimum Gasteiger partial charge on any atom is -0.488 e. The maximum atomic E-state index is 12.7. The molecule has 0 bridgehead atoms. The van der Waals surface area contributed by atoms with Crippen LogP contribution in [0.5, 0.6) is 5.75 Å². The van der Waals surface area contributed by atoms with E-state index >= 15 is 0 Å². The van der Waals surface area contributed by atoms with Crippen LogP contribution in [-0.2, 0) is 4.74 Å². The Balaban J connectivity index is 1.45. The predicted molar refractivity (Wildman–Crippen MR) is 127 cm³/mol. The first-order chi connectivity index (χ1) is 15.8. The number of carbonyl (C=O) groups excluding carboxylic acids is 2. The third kappa shape index (κ3) is 5.60. The number of esters is 1. The third-order valence-electron chi connectivity index (χ3n) is 4.74. The molecule has 1 aliphatic rings. The second-order valence-corrected chi connectivity index (χ2v) is 8.55. The van der Waals surface area contributed by atoms with Gasteiger partial charge in [-0.1, -0.05) is 18.2 Å². The van der Waals surface area contributed by atoms with Gasteiger partial charge in [-0.15, -0.1) is 0 Å². The van der Waals surface area contributed by atoms with E-state index in [1.165, 1.54) is 0 Å². The van der Waals surface area contributed by atoms with Crippen LogP contribution in [0.15, 0.2) is 66.9 Å². The van der Waals surface area contributed by atoms with Gasteiger partial charge in [0.2, 0.25) is 0 Å². The van der Waals surface area contributed by atoms with Crippen LogP contribution in [0.3, 0.4) is 0 Å². The van der Waals surface area contributed by atoms with Crippen LogP contribution in [0, 0.1) is 0 Å². The van der Waals surface area contributed by atoms with E-state index in [0.29, 0.717) is 41.7 Å². The number of para-hydroxylation sites is 1. The van der Waals surface area contributed by atoms with E-state index in [1.54, 1.807) is 41.4 Å². The fourth-order valence-corrected chi connectivity index (χ4v) is 3.27. The van der Waals surface area contributed by atoms with Crippen molar-refractivity contribution in [2.45, 2.75) is 26.4 Å². The number of pyridine rings is 1. The number of amides is 2. The van der Waals surface area contributed by atoms with Gasteiger partial charge in [0.1, 0.15) is 12.2 Å². The number of hydrogen-bond donors (Lipinski definition) is 2. The number of urea groups is 1. The molecule has 0 saturated heterocycles. The van der Waals surface area contributed by atoms with Crippen molar-refractivity contribution in [3.63, 3.8) is 0 Å². The summed E-state index contributed by atoms with van der Waals surface area (Å²) in [5, 5.41) is 6.11. The molecule has 8 heteroatoms. The molecule has 0 unspecified atom stereocenters. The van der Waals surface area contributed by atoms with Gasteiger partial charge < -0.3 is 20.1 Å². The normalized spacial score (nSPS) is 12.9. The lowest BCUT2D eigenvalue weighted by Gasteiger charge is -2.28. The number of nitrogens with zero attached hydrogens (tertiary/aromatic N) is 2. The van der Waals surface area contributed by atoms with Gasteiger partial charge in [0.05, 0.1) is 24.0 Å². The van der Waals surface area contributed by atoms with Crippen LogP contribution in [0.2, 0.25) is 0 Å². The summed E-state index contributed by atoms with van der Waals surface area (Å²) in [5.41, 5.74) is 2.11. The van der Waals surface area contributed by atoms with Crippen molar-refractivity contribution in [3.8, 4) is 5.75 Å². The van der Waals surface area contributed by atoms with Crippen molar-refractivity contribution in [1.29, 1.82) is 0 Å². The summed E-state index contributed by atoms with van der Waals surface area (Å²) in [5.74, 6) is 0.604. The molecular weight excluding hydrogens is 420 g/mol. The molecule has 0 saturated carbocycles. The van der Waals surface area contributed by atoms with Crippen LogP contribution >= 0.6 is 0 Å². The van der Waals surface area contributed by atoms with Gasteiger partial charge in [-0.3, -0.25) is 4.90 Å². The Labute approximate surface area is 192 Å². The summed E-state index contributed by atoms with van der Waals surface area (Å²) in [7, 11) is 0. The highest BCUT2D eigenvalue weighted by Crippen LogP contribution is 2.33. The Morgan fingerprint density at radius 2 is 1.73 bits per heavy atom. The van der Waals surface area contributed by atoms with Crippen molar-refractivity contribution in [2.24, 2.45) is 0 Å². The quantitative estimate of drug-likeness (QED) is 0.535. The van der Waals surface area contributed by atoms with Gasteiger partial charge in [-0.25, -0.2) is 14.6 Å². The maximum absolute atomic E-state index is 12.7. The summed E-state index contributed by atoms with van der Waals surface area (Å²) in [6.45, 7) is 6.26. The predicted octanol–water partition coefficient (Wildman–Crippen LogP) is 5.21. The van der Waals surface area contributed by atoms with Crippen LogP contribution in [0.4, 0.5) is 27.7 Å². The maximum Gasteiger partial charge on any atom is 0.338 e. The average Bonchev–Trinajstić information content (AvgIpc) is 2.78. The highest BCUT2D eigenvalue weighted by Gasteiger charge is 2.25. The van der Waals surface area contributed by atoms with Crippen LogP contribution in [0.25, 0.3) is 0 Å². The second-order valence-electron chi connectivity index (χ2n) is 8.55. The van der Waals surface area contributed by atoms with Gasteiger partial charge in [-0.2, -0.15) is 0 Å². The Kier molecular flexibility index (Phi) is 6.17. The SMILES string of the molecule is CC(C)(C)OC(=O)c1ccc(Nc2cnc3c(c2)OCCN3C(=O)Nc2ccccc2)cc1. The molecule has 0 atom stereocenters. The van der Waals surface area contributed by atoms with Gasteiger partial charge in [-0.05, 0) is 57.2 Å². The molecule has 0 fully saturated rings. The topological polar surface area (TPSA) is 92.8 Å². The Hall–Kier alpha value is -4.07. The number of fused-ring (bicyclic) bond motifs is 1. The van der Waals surface area contributed by atoms with Crippen molar-refractivity contribution in [3.05, 3.63) is 72.4 Å². The van der Waals surface area contributed by atoms with E-state index in [-0.39, 0.29) is 12.0 Å². The van der Waals surface area contributed by atoms with E-state index in [2.05, 4.69) is 15.6 Å². The molecule has 2 aromatic carbocycles. The van der Waals surface area contributed by atoms with Crippen molar-refractivity contribution < 1.29 is 19.1 Å². The number of carbonyl (C=O) groups is 2. The Morgan fingerprint density at radius 1 is 1.00 bits per heavy atom. The third-order valence-corrected chi connectivity index (χ3v) is 4.74. The molecular formula is C25H26N4O4. The minimum atomic E-state index is -0.547. The van der Waals surface area contributed by atoms with E-state index in [1.807, 2.05) is 51.1 Å². The molecule has 0 aliphatic carbocycles. The number of ether oxygens (including phenoxy) is 2. The van der Waals surface area contributed by atoms with E-state index in [9.17, 15) is 9.59 Å². The zero-order valence-corrected chi connectivity index (χ0v) is 18.8. The largest absolute Gasteiger partial charge is 0.488 e. The molecule has 1 aliphatic heterocycles. The molecule has 33 heavy (non-hydrogen) atoms. The van der Waals surface area contributed by atoms with E-state index in [0.717, 1.165) is 5.69 Å². The molecule has 4 rings (SSSR count). The number of nitrogens with one attached hydrogen (secondary N) is 2. The first kappa shape index (κ1) is 22.1. The number of benzene rings is 2. The lowest BCUT2D eigenvalue weighted by molar-refractivity contribution is 0.00695. The molecule has 0 spiro atoms. The number of anilines is 4.